The van der Waals surface area contributed by atoms with E-state index in [-0.39, 0.29) is 11.8 Å². The van der Waals surface area contributed by atoms with E-state index in [1.807, 2.05) is 41.0 Å². The highest BCUT2D eigenvalue weighted by molar-refractivity contribution is 5.94. The van der Waals surface area contributed by atoms with Gasteiger partial charge in [-0.2, -0.15) is 0 Å². The third kappa shape index (κ3) is 3.43. The van der Waals surface area contributed by atoms with E-state index in [1.54, 1.807) is 18.7 Å². The summed E-state index contributed by atoms with van der Waals surface area (Å²) in [5.41, 5.74) is 2.70. The van der Waals surface area contributed by atoms with Crippen molar-refractivity contribution >= 4 is 11.7 Å². The molecule has 4 rings (SSSR count). The number of carbonyl (C=O) groups excluding carboxylic acids is 1. The van der Waals surface area contributed by atoms with Crippen molar-refractivity contribution in [3.63, 3.8) is 0 Å². The van der Waals surface area contributed by atoms with Gasteiger partial charge < -0.3 is 10.1 Å². The minimum Gasteiger partial charge on any atom is -0.493 e. The van der Waals surface area contributed by atoms with Crippen molar-refractivity contribution in [2.24, 2.45) is 5.92 Å². The Balaban J connectivity index is 1.75. The minimum atomic E-state index is -0.143. The zero-order valence-corrected chi connectivity index (χ0v) is 15.4. The lowest BCUT2D eigenvalue weighted by Crippen LogP contribution is -2.25. The molecule has 1 aliphatic rings. The molecule has 2 aromatic heterocycles. The Bertz CT molecular complexity index is 950. The summed E-state index contributed by atoms with van der Waals surface area (Å²) in [7, 11) is 0. The zero-order chi connectivity index (χ0) is 18.8. The molecule has 3 aromatic rings. The van der Waals surface area contributed by atoms with Crippen LogP contribution in [0, 0.1) is 5.92 Å². The van der Waals surface area contributed by atoms with Gasteiger partial charge in [-0.3, -0.25) is 14.3 Å². The molecule has 1 aromatic carbocycles. The lowest BCUT2D eigenvalue weighted by atomic mass is 9.89. The highest BCUT2D eigenvalue weighted by atomic mass is 16.5. The van der Waals surface area contributed by atoms with E-state index in [4.69, 9.17) is 4.74 Å². The summed E-state index contributed by atoms with van der Waals surface area (Å²) in [4.78, 5) is 21.2. The molecule has 3 heterocycles. The van der Waals surface area contributed by atoms with Crippen molar-refractivity contribution < 1.29 is 9.53 Å². The SMILES string of the molecule is CC(C)COc1ccccc1[C@H]1CC(=O)Nc2c1ncn2-c1cccnc1. The normalized spacial score (nSPS) is 16.1. The van der Waals surface area contributed by atoms with E-state index >= 15 is 0 Å². The van der Waals surface area contributed by atoms with Crippen LogP contribution in [0.3, 0.4) is 0 Å². The summed E-state index contributed by atoms with van der Waals surface area (Å²) in [5.74, 6) is 1.76. The zero-order valence-electron chi connectivity index (χ0n) is 15.4. The van der Waals surface area contributed by atoms with Crippen LogP contribution in [0.4, 0.5) is 5.82 Å². The number of amides is 1. The van der Waals surface area contributed by atoms with E-state index < -0.39 is 0 Å². The Hall–Kier alpha value is -3.15. The first kappa shape index (κ1) is 17.3. The molecule has 0 unspecified atom stereocenters. The Morgan fingerprint density at radius 2 is 2.11 bits per heavy atom. The van der Waals surface area contributed by atoms with Gasteiger partial charge in [-0.05, 0) is 24.1 Å². The van der Waals surface area contributed by atoms with E-state index in [1.165, 1.54) is 0 Å². The lowest BCUT2D eigenvalue weighted by molar-refractivity contribution is -0.116. The van der Waals surface area contributed by atoms with Crippen LogP contribution in [0.2, 0.25) is 0 Å². The molecule has 0 radical (unpaired) electrons. The number of rotatable bonds is 5. The van der Waals surface area contributed by atoms with E-state index in [0.29, 0.717) is 24.8 Å². The number of nitrogens with one attached hydrogen (secondary N) is 1. The number of anilines is 1. The van der Waals surface area contributed by atoms with Crippen LogP contribution in [-0.4, -0.2) is 27.0 Å². The molecule has 1 atom stereocenters. The smallest absolute Gasteiger partial charge is 0.226 e. The number of benzene rings is 1. The highest BCUT2D eigenvalue weighted by Crippen LogP contribution is 2.40. The molecule has 0 aliphatic carbocycles. The fraction of sp³-hybridized carbons (Fsp3) is 0.286. The van der Waals surface area contributed by atoms with Gasteiger partial charge >= 0.3 is 0 Å². The Morgan fingerprint density at radius 1 is 1.26 bits per heavy atom. The Labute approximate surface area is 158 Å². The van der Waals surface area contributed by atoms with E-state index in [9.17, 15) is 4.79 Å². The van der Waals surface area contributed by atoms with E-state index in [2.05, 4.69) is 29.1 Å². The fourth-order valence-electron chi connectivity index (χ4n) is 3.31. The average molecular weight is 362 g/mol. The van der Waals surface area contributed by atoms with Crippen LogP contribution in [0.1, 0.15) is 37.4 Å². The second kappa shape index (κ2) is 7.23. The monoisotopic (exact) mass is 362 g/mol. The molecule has 1 N–H and O–H groups in total. The molecule has 1 amide bonds. The molecule has 0 saturated heterocycles. The average Bonchev–Trinajstić information content (AvgIpc) is 3.10. The summed E-state index contributed by atoms with van der Waals surface area (Å²) in [6.07, 6.45) is 5.55. The molecular formula is C21H22N4O2. The summed E-state index contributed by atoms with van der Waals surface area (Å²) >= 11 is 0. The van der Waals surface area contributed by atoms with Gasteiger partial charge in [-0.25, -0.2) is 4.98 Å². The van der Waals surface area contributed by atoms with Crippen LogP contribution < -0.4 is 10.1 Å². The van der Waals surface area contributed by atoms with Gasteiger partial charge in [0.1, 0.15) is 17.9 Å². The molecule has 1 aliphatic heterocycles. The number of nitrogens with zero attached hydrogens (tertiary/aromatic N) is 3. The predicted molar refractivity (Wildman–Crippen MR) is 103 cm³/mol. The largest absolute Gasteiger partial charge is 0.493 e. The summed E-state index contributed by atoms with van der Waals surface area (Å²) in [5, 5.41) is 2.97. The number of aromatic nitrogens is 3. The Morgan fingerprint density at radius 3 is 2.89 bits per heavy atom. The number of carbonyl (C=O) groups is 1. The maximum absolute atomic E-state index is 12.5. The quantitative estimate of drug-likeness (QED) is 0.750. The topological polar surface area (TPSA) is 69.0 Å². The number of fused-ring (bicyclic) bond motifs is 1. The van der Waals surface area contributed by atoms with Gasteiger partial charge in [0, 0.05) is 24.1 Å². The fourth-order valence-corrected chi connectivity index (χ4v) is 3.31. The first-order chi connectivity index (χ1) is 13.1. The van der Waals surface area contributed by atoms with Crippen molar-refractivity contribution in [1.29, 1.82) is 0 Å². The molecule has 6 heteroatoms. The molecule has 0 fully saturated rings. The Kier molecular flexibility index (Phi) is 4.62. The predicted octanol–water partition coefficient (Wildman–Crippen LogP) is 3.78. The van der Waals surface area contributed by atoms with Crippen molar-refractivity contribution in [2.75, 3.05) is 11.9 Å². The number of ether oxygens (including phenoxy) is 1. The number of hydrogen-bond donors (Lipinski definition) is 1. The van der Waals surface area contributed by atoms with Crippen molar-refractivity contribution in [1.82, 2.24) is 14.5 Å². The molecular weight excluding hydrogens is 340 g/mol. The second-order valence-corrected chi connectivity index (χ2v) is 7.11. The van der Waals surface area contributed by atoms with Crippen LogP contribution in [0.15, 0.2) is 55.1 Å². The third-order valence-electron chi connectivity index (χ3n) is 4.56. The molecule has 0 spiro atoms. The van der Waals surface area contributed by atoms with Crippen LogP contribution in [0.5, 0.6) is 5.75 Å². The minimum absolute atomic E-state index is 0.0307. The molecule has 6 nitrogen and oxygen atoms in total. The molecule has 0 saturated carbocycles. The van der Waals surface area contributed by atoms with Gasteiger partial charge in [-0.1, -0.05) is 32.0 Å². The summed E-state index contributed by atoms with van der Waals surface area (Å²) in [6, 6.07) is 11.7. The van der Waals surface area contributed by atoms with Gasteiger partial charge in [0.25, 0.3) is 0 Å². The first-order valence-electron chi connectivity index (χ1n) is 9.12. The molecule has 0 bridgehead atoms. The lowest BCUT2D eigenvalue weighted by Gasteiger charge is -2.25. The number of para-hydroxylation sites is 1. The second-order valence-electron chi connectivity index (χ2n) is 7.11. The van der Waals surface area contributed by atoms with Crippen LogP contribution in [0.25, 0.3) is 5.69 Å². The van der Waals surface area contributed by atoms with Crippen molar-refractivity contribution in [3.05, 3.63) is 66.4 Å². The van der Waals surface area contributed by atoms with Gasteiger partial charge in [0.05, 0.1) is 24.2 Å². The maximum Gasteiger partial charge on any atom is 0.226 e. The van der Waals surface area contributed by atoms with Gasteiger partial charge in [0.15, 0.2) is 0 Å². The molecule has 27 heavy (non-hydrogen) atoms. The summed E-state index contributed by atoms with van der Waals surface area (Å²) < 4.78 is 7.88. The van der Waals surface area contributed by atoms with E-state index in [0.717, 1.165) is 22.7 Å². The number of pyridine rings is 1. The van der Waals surface area contributed by atoms with Gasteiger partial charge in [-0.15, -0.1) is 0 Å². The number of hydrogen-bond acceptors (Lipinski definition) is 4. The van der Waals surface area contributed by atoms with Gasteiger partial charge in [0.2, 0.25) is 5.91 Å². The summed E-state index contributed by atoms with van der Waals surface area (Å²) in [6.45, 7) is 4.86. The van der Waals surface area contributed by atoms with Crippen LogP contribution >= 0.6 is 0 Å². The van der Waals surface area contributed by atoms with Crippen LogP contribution in [-0.2, 0) is 4.79 Å². The van der Waals surface area contributed by atoms with Crippen molar-refractivity contribution in [2.45, 2.75) is 26.2 Å². The standard InChI is InChI=1S/C21H22N4O2/c1-14(2)12-27-18-8-4-3-7-16(18)17-10-19(26)24-21-20(17)23-13-25(21)15-6-5-9-22-11-15/h3-9,11,13-14,17H,10,12H2,1-2H3,(H,24,26)/t17-/m1/s1. The molecule has 138 valence electrons. The third-order valence-corrected chi connectivity index (χ3v) is 4.56. The number of imidazole rings is 1. The van der Waals surface area contributed by atoms with Crippen molar-refractivity contribution in [3.8, 4) is 11.4 Å². The first-order valence-corrected chi connectivity index (χ1v) is 9.12. The maximum atomic E-state index is 12.5. The highest BCUT2D eigenvalue weighted by Gasteiger charge is 2.32.